The first-order valence-corrected chi connectivity index (χ1v) is 7.32. The SMILES string of the molecule is CCC(=O)N1CCN(C(=O)c2coc3c2C(=O)CCC3)C1. The molecule has 6 nitrogen and oxygen atoms in total. The Morgan fingerprint density at radius 3 is 2.76 bits per heavy atom. The molecule has 1 aliphatic heterocycles. The topological polar surface area (TPSA) is 70.8 Å². The Morgan fingerprint density at radius 2 is 2.00 bits per heavy atom. The fraction of sp³-hybridized carbons (Fsp3) is 0.533. The van der Waals surface area contributed by atoms with Crippen LogP contribution in [0.1, 0.15) is 52.7 Å². The van der Waals surface area contributed by atoms with Crippen molar-refractivity contribution >= 4 is 17.6 Å². The third-order valence-corrected chi connectivity index (χ3v) is 4.11. The van der Waals surface area contributed by atoms with Gasteiger partial charge in [-0.05, 0) is 6.42 Å². The molecule has 1 aromatic rings. The lowest BCUT2D eigenvalue weighted by molar-refractivity contribution is -0.130. The Balaban J connectivity index is 1.80. The van der Waals surface area contributed by atoms with Gasteiger partial charge in [-0.25, -0.2) is 0 Å². The van der Waals surface area contributed by atoms with Gasteiger partial charge in [-0.2, -0.15) is 0 Å². The van der Waals surface area contributed by atoms with Gasteiger partial charge < -0.3 is 14.2 Å². The average molecular weight is 290 g/mol. The molecule has 0 spiro atoms. The summed E-state index contributed by atoms with van der Waals surface area (Å²) in [6.45, 7) is 3.14. The molecule has 0 unspecified atom stereocenters. The molecule has 2 aliphatic rings. The van der Waals surface area contributed by atoms with Crippen molar-refractivity contribution in [3.05, 3.63) is 23.2 Å². The van der Waals surface area contributed by atoms with Crippen molar-refractivity contribution in [2.75, 3.05) is 19.8 Å². The number of hydrogen-bond acceptors (Lipinski definition) is 4. The first-order chi connectivity index (χ1) is 10.1. The summed E-state index contributed by atoms with van der Waals surface area (Å²) in [5.41, 5.74) is 0.798. The third kappa shape index (κ3) is 2.34. The van der Waals surface area contributed by atoms with Gasteiger partial charge in [0.15, 0.2) is 5.78 Å². The van der Waals surface area contributed by atoms with Crippen molar-refractivity contribution in [2.45, 2.75) is 32.6 Å². The van der Waals surface area contributed by atoms with E-state index in [1.807, 2.05) is 0 Å². The predicted molar refractivity (Wildman–Crippen MR) is 73.9 cm³/mol. The number of rotatable bonds is 2. The standard InChI is InChI=1S/C15H18N2O4/c1-2-13(19)16-6-7-17(9-16)15(20)10-8-21-12-5-3-4-11(18)14(10)12/h8H,2-7,9H2,1H3. The van der Waals surface area contributed by atoms with Crippen LogP contribution in [0.3, 0.4) is 0 Å². The zero-order valence-electron chi connectivity index (χ0n) is 12.1. The molecule has 2 amide bonds. The summed E-state index contributed by atoms with van der Waals surface area (Å²) in [5.74, 6) is 0.418. The second-order valence-corrected chi connectivity index (χ2v) is 5.45. The van der Waals surface area contributed by atoms with E-state index in [1.54, 1.807) is 16.7 Å². The van der Waals surface area contributed by atoms with Gasteiger partial charge in [0.25, 0.3) is 5.91 Å². The van der Waals surface area contributed by atoms with Gasteiger partial charge in [-0.1, -0.05) is 6.92 Å². The van der Waals surface area contributed by atoms with Gasteiger partial charge in [0, 0.05) is 32.4 Å². The summed E-state index contributed by atoms with van der Waals surface area (Å²) >= 11 is 0. The van der Waals surface area contributed by atoms with Gasteiger partial charge in [0.1, 0.15) is 12.0 Å². The maximum atomic E-state index is 12.6. The molecule has 1 aromatic heterocycles. The van der Waals surface area contributed by atoms with E-state index in [4.69, 9.17) is 4.42 Å². The van der Waals surface area contributed by atoms with Gasteiger partial charge in [-0.15, -0.1) is 0 Å². The highest BCUT2D eigenvalue weighted by Crippen LogP contribution is 2.27. The molecule has 2 heterocycles. The lowest BCUT2D eigenvalue weighted by atomic mass is 9.94. The van der Waals surface area contributed by atoms with Gasteiger partial charge in [0.05, 0.1) is 17.8 Å². The Hall–Kier alpha value is -2.11. The number of amides is 2. The summed E-state index contributed by atoms with van der Waals surface area (Å²) in [5, 5.41) is 0. The Labute approximate surface area is 122 Å². The van der Waals surface area contributed by atoms with E-state index >= 15 is 0 Å². The number of fused-ring (bicyclic) bond motifs is 1. The minimum Gasteiger partial charge on any atom is -0.468 e. The molecule has 1 aliphatic carbocycles. The van der Waals surface area contributed by atoms with Crippen molar-refractivity contribution < 1.29 is 18.8 Å². The fourth-order valence-corrected chi connectivity index (χ4v) is 2.93. The molecule has 0 N–H and O–H groups in total. The van der Waals surface area contributed by atoms with Crippen molar-refractivity contribution in [1.82, 2.24) is 9.80 Å². The first kappa shape index (κ1) is 13.9. The molecule has 6 heteroatoms. The molecule has 1 saturated heterocycles. The predicted octanol–water partition coefficient (Wildman–Crippen LogP) is 1.45. The van der Waals surface area contributed by atoms with Crippen LogP contribution in [0.4, 0.5) is 0 Å². The van der Waals surface area contributed by atoms with Crippen LogP contribution in [0.2, 0.25) is 0 Å². The Bertz CT molecular complexity index is 605. The van der Waals surface area contributed by atoms with Crippen molar-refractivity contribution in [2.24, 2.45) is 0 Å². The highest BCUT2D eigenvalue weighted by Gasteiger charge is 2.33. The second kappa shape index (κ2) is 5.35. The van der Waals surface area contributed by atoms with E-state index in [1.165, 1.54) is 6.26 Å². The van der Waals surface area contributed by atoms with Gasteiger partial charge in [-0.3, -0.25) is 14.4 Å². The highest BCUT2D eigenvalue weighted by molar-refractivity contribution is 6.09. The molecule has 0 radical (unpaired) electrons. The van der Waals surface area contributed by atoms with Gasteiger partial charge >= 0.3 is 0 Å². The molecule has 21 heavy (non-hydrogen) atoms. The lowest BCUT2D eigenvalue weighted by Crippen LogP contribution is -2.34. The summed E-state index contributed by atoms with van der Waals surface area (Å²) in [6, 6.07) is 0. The Kier molecular flexibility index (Phi) is 3.53. The van der Waals surface area contributed by atoms with Crippen LogP contribution in [0.15, 0.2) is 10.7 Å². The number of nitrogens with zero attached hydrogens (tertiary/aromatic N) is 2. The Morgan fingerprint density at radius 1 is 1.24 bits per heavy atom. The molecular weight excluding hydrogens is 272 g/mol. The van der Waals surface area contributed by atoms with Crippen LogP contribution in [0, 0.1) is 0 Å². The molecule has 0 aromatic carbocycles. The summed E-state index contributed by atoms with van der Waals surface area (Å²) < 4.78 is 5.38. The maximum Gasteiger partial charge on any atom is 0.259 e. The van der Waals surface area contributed by atoms with Crippen LogP contribution in [-0.2, 0) is 11.2 Å². The average Bonchev–Trinajstić information content (AvgIpc) is 3.13. The van der Waals surface area contributed by atoms with E-state index < -0.39 is 0 Å². The molecule has 3 rings (SSSR count). The van der Waals surface area contributed by atoms with Crippen LogP contribution in [-0.4, -0.2) is 47.2 Å². The van der Waals surface area contributed by atoms with Crippen LogP contribution < -0.4 is 0 Å². The first-order valence-electron chi connectivity index (χ1n) is 7.32. The maximum absolute atomic E-state index is 12.6. The minimum absolute atomic E-state index is 0.0194. The largest absolute Gasteiger partial charge is 0.468 e. The zero-order valence-corrected chi connectivity index (χ0v) is 12.1. The van der Waals surface area contributed by atoms with Crippen LogP contribution in [0.5, 0.6) is 0 Å². The molecule has 112 valence electrons. The second-order valence-electron chi connectivity index (χ2n) is 5.45. The van der Waals surface area contributed by atoms with Crippen molar-refractivity contribution in [3.63, 3.8) is 0 Å². The summed E-state index contributed by atoms with van der Waals surface area (Å²) in [7, 11) is 0. The highest BCUT2D eigenvalue weighted by atomic mass is 16.3. The number of ketones is 1. The van der Waals surface area contributed by atoms with E-state index in [-0.39, 0.29) is 17.6 Å². The van der Waals surface area contributed by atoms with Crippen LogP contribution in [0.25, 0.3) is 0 Å². The lowest BCUT2D eigenvalue weighted by Gasteiger charge is -2.18. The normalized spacial score (nSPS) is 18.0. The number of carbonyl (C=O) groups is 3. The smallest absolute Gasteiger partial charge is 0.259 e. The van der Waals surface area contributed by atoms with Crippen molar-refractivity contribution in [3.8, 4) is 0 Å². The van der Waals surface area contributed by atoms with E-state index in [9.17, 15) is 14.4 Å². The minimum atomic E-state index is -0.221. The van der Waals surface area contributed by atoms with Crippen LogP contribution >= 0.6 is 0 Å². The number of carbonyl (C=O) groups excluding carboxylic acids is 3. The zero-order chi connectivity index (χ0) is 15.0. The fourth-order valence-electron chi connectivity index (χ4n) is 2.93. The van der Waals surface area contributed by atoms with Crippen molar-refractivity contribution in [1.29, 1.82) is 0 Å². The summed E-state index contributed by atoms with van der Waals surface area (Å²) in [4.78, 5) is 39.5. The number of hydrogen-bond donors (Lipinski definition) is 0. The number of aryl methyl sites for hydroxylation is 1. The number of Topliss-reactive ketones (excluding diaryl/α,β-unsaturated/α-hetero) is 1. The molecule has 1 fully saturated rings. The molecular formula is C15H18N2O4. The monoisotopic (exact) mass is 290 g/mol. The summed E-state index contributed by atoms with van der Waals surface area (Å²) in [6.07, 6.45) is 3.76. The molecule has 0 saturated carbocycles. The molecule has 0 bridgehead atoms. The van der Waals surface area contributed by atoms with E-state index in [2.05, 4.69) is 0 Å². The molecule has 0 atom stereocenters. The number of furan rings is 1. The quantitative estimate of drug-likeness (QED) is 0.826. The van der Waals surface area contributed by atoms with E-state index in [0.29, 0.717) is 55.9 Å². The third-order valence-electron chi connectivity index (χ3n) is 4.11. The van der Waals surface area contributed by atoms with E-state index in [0.717, 1.165) is 6.42 Å². The van der Waals surface area contributed by atoms with Gasteiger partial charge in [0.2, 0.25) is 5.91 Å².